The summed E-state index contributed by atoms with van der Waals surface area (Å²) in [4.78, 5) is 25.1. The van der Waals surface area contributed by atoms with Gasteiger partial charge in [0, 0.05) is 45.0 Å². The lowest BCUT2D eigenvalue weighted by molar-refractivity contribution is -0.137. The lowest BCUT2D eigenvalue weighted by atomic mass is 9.79. The molecule has 124 valence electrons. The van der Waals surface area contributed by atoms with Crippen molar-refractivity contribution in [1.82, 2.24) is 19.8 Å². The second-order valence-electron chi connectivity index (χ2n) is 6.69. The van der Waals surface area contributed by atoms with Crippen LogP contribution in [0.3, 0.4) is 0 Å². The number of rotatable bonds is 3. The van der Waals surface area contributed by atoms with E-state index in [-0.39, 0.29) is 17.5 Å². The van der Waals surface area contributed by atoms with Gasteiger partial charge in [-0.05, 0) is 19.3 Å². The van der Waals surface area contributed by atoms with Gasteiger partial charge in [0.25, 0.3) is 0 Å². The number of hydrogen-bond acceptors (Lipinski definition) is 4. The number of ether oxygens (including phenoxy) is 1. The molecule has 3 aliphatic rings. The molecular weight excluding hydrogens is 292 g/mol. The standard InChI is InChI=1S/C17H24N4O2/c1-2-7-20-8-4-14(16(20)22)21-9-3-13-15(19-12-18-13)17(21)5-10-23-11-6-17/h2,12,14H,1,3-11H2,(H,18,19). The number of imidazole rings is 1. The van der Waals surface area contributed by atoms with Gasteiger partial charge >= 0.3 is 0 Å². The molecule has 1 aromatic rings. The first kappa shape index (κ1) is 14.9. The summed E-state index contributed by atoms with van der Waals surface area (Å²) in [5.41, 5.74) is 2.23. The number of fused-ring (bicyclic) bond motifs is 2. The molecule has 1 atom stereocenters. The average Bonchev–Trinajstić information content (AvgIpc) is 3.18. The van der Waals surface area contributed by atoms with E-state index in [0.717, 1.165) is 57.7 Å². The van der Waals surface area contributed by atoms with Crippen molar-refractivity contribution < 1.29 is 9.53 Å². The maximum absolute atomic E-state index is 12.8. The summed E-state index contributed by atoms with van der Waals surface area (Å²) in [6, 6.07) is -0.0297. The summed E-state index contributed by atoms with van der Waals surface area (Å²) in [6.45, 7) is 7.62. The summed E-state index contributed by atoms with van der Waals surface area (Å²) in [5, 5.41) is 0. The molecule has 1 N–H and O–H groups in total. The fraction of sp³-hybridized carbons (Fsp3) is 0.647. The van der Waals surface area contributed by atoms with E-state index in [1.807, 2.05) is 11.0 Å². The van der Waals surface area contributed by atoms with E-state index in [1.54, 1.807) is 6.33 Å². The number of aromatic amines is 1. The van der Waals surface area contributed by atoms with Crippen LogP contribution in [0.15, 0.2) is 19.0 Å². The van der Waals surface area contributed by atoms with Gasteiger partial charge in [0.15, 0.2) is 0 Å². The third-order valence-electron chi connectivity index (χ3n) is 5.63. The highest BCUT2D eigenvalue weighted by molar-refractivity contribution is 5.84. The summed E-state index contributed by atoms with van der Waals surface area (Å²) in [6.07, 6.45) is 7.27. The van der Waals surface area contributed by atoms with Gasteiger partial charge in [0.05, 0.1) is 23.6 Å². The maximum Gasteiger partial charge on any atom is 0.240 e. The second kappa shape index (κ2) is 5.76. The molecule has 1 unspecified atom stereocenters. The quantitative estimate of drug-likeness (QED) is 0.847. The Hall–Kier alpha value is -1.66. The summed E-state index contributed by atoms with van der Waals surface area (Å²) < 4.78 is 5.61. The molecule has 0 radical (unpaired) electrons. The van der Waals surface area contributed by atoms with Gasteiger partial charge in [0.1, 0.15) is 0 Å². The molecule has 1 amide bonds. The molecule has 1 aromatic heterocycles. The van der Waals surface area contributed by atoms with Crippen molar-refractivity contribution in [3.8, 4) is 0 Å². The number of carbonyl (C=O) groups is 1. The van der Waals surface area contributed by atoms with Crippen LogP contribution < -0.4 is 0 Å². The van der Waals surface area contributed by atoms with Crippen molar-refractivity contribution in [3.05, 3.63) is 30.4 Å². The molecule has 4 rings (SSSR count). The highest BCUT2D eigenvalue weighted by Crippen LogP contribution is 2.44. The fourth-order valence-electron chi connectivity index (χ4n) is 4.53. The number of H-pyrrole nitrogens is 1. The molecule has 2 saturated heterocycles. The molecule has 6 heteroatoms. The third-order valence-corrected chi connectivity index (χ3v) is 5.63. The van der Waals surface area contributed by atoms with Crippen LogP contribution in [-0.4, -0.2) is 64.6 Å². The maximum atomic E-state index is 12.8. The van der Waals surface area contributed by atoms with Gasteiger partial charge in [-0.2, -0.15) is 0 Å². The molecule has 2 fully saturated rings. The lowest BCUT2D eigenvalue weighted by Crippen LogP contribution is -2.59. The first-order valence-corrected chi connectivity index (χ1v) is 8.53. The summed E-state index contributed by atoms with van der Waals surface area (Å²) in [7, 11) is 0. The number of nitrogens with one attached hydrogen (secondary N) is 1. The number of carbonyl (C=O) groups excluding carboxylic acids is 1. The fourth-order valence-corrected chi connectivity index (χ4v) is 4.53. The van der Waals surface area contributed by atoms with Crippen molar-refractivity contribution in [2.24, 2.45) is 0 Å². The van der Waals surface area contributed by atoms with Crippen molar-refractivity contribution in [2.45, 2.75) is 37.3 Å². The molecule has 0 aromatic carbocycles. The first-order chi connectivity index (χ1) is 11.3. The Bertz CT molecular complexity index is 605. The Balaban J connectivity index is 1.68. The Morgan fingerprint density at radius 1 is 1.43 bits per heavy atom. The van der Waals surface area contributed by atoms with Crippen LogP contribution in [-0.2, 0) is 21.5 Å². The van der Waals surface area contributed by atoms with Crippen LogP contribution in [0, 0.1) is 0 Å². The molecule has 23 heavy (non-hydrogen) atoms. The Kier molecular flexibility index (Phi) is 3.73. The largest absolute Gasteiger partial charge is 0.381 e. The Morgan fingerprint density at radius 2 is 2.26 bits per heavy atom. The van der Waals surface area contributed by atoms with Crippen LogP contribution in [0.25, 0.3) is 0 Å². The highest BCUT2D eigenvalue weighted by atomic mass is 16.5. The second-order valence-corrected chi connectivity index (χ2v) is 6.69. The molecular formula is C17H24N4O2. The predicted molar refractivity (Wildman–Crippen MR) is 85.9 cm³/mol. The summed E-state index contributed by atoms with van der Waals surface area (Å²) in [5.74, 6) is 0.245. The van der Waals surface area contributed by atoms with Crippen molar-refractivity contribution in [2.75, 3.05) is 32.8 Å². The van der Waals surface area contributed by atoms with Crippen molar-refractivity contribution in [3.63, 3.8) is 0 Å². The highest BCUT2D eigenvalue weighted by Gasteiger charge is 2.51. The SMILES string of the molecule is C=CCN1CCC(N2CCc3[nH]cnc3C23CCOCC3)C1=O. The van der Waals surface area contributed by atoms with E-state index in [0.29, 0.717) is 6.54 Å². The minimum atomic E-state index is -0.143. The van der Waals surface area contributed by atoms with Gasteiger partial charge in [-0.25, -0.2) is 4.98 Å². The topological polar surface area (TPSA) is 61.5 Å². The van der Waals surface area contributed by atoms with E-state index in [2.05, 4.69) is 21.4 Å². The first-order valence-electron chi connectivity index (χ1n) is 8.53. The zero-order valence-corrected chi connectivity index (χ0v) is 13.5. The third kappa shape index (κ3) is 2.23. The Labute approximate surface area is 136 Å². The summed E-state index contributed by atoms with van der Waals surface area (Å²) >= 11 is 0. The van der Waals surface area contributed by atoms with E-state index < -0.39 is 0 Å². The number of aromatic nitrogens is 2. The molecule has 4 heterocycles. The van der Waals surface area contributed by atoms with E-state index in [4.69, 9.17) is 4.74 Å². The molecule has 0 aliphatic carbocycles. The van der Waals surface area contributed by atoms with Crippen molar-refractivity contribution in [1.29, 1.82) is 0 Å². The van der Waals surface area contributed by atoms with E-state index in [1.165, 1.54) is 5.69 Å². The van der Waals surface area contributed by atoms with Crippen LogP contribution in [0.2, 0.25) is 0 Å². The lowest BCUT2D eigenvalue weighted by Gasteiger charge is -2.50. The molecule has 1 spiro atoms. The molecule has 0 saturated carbocycles. The Morgan fingerprint density at radius 3 is 3.04 bits per heavy atom. The minimum Gasteiger partial charge on any atom is -0.381 e. The minimum absolute atomic E-state index is 0.0297. The molecule has 6 nitrogen and oxygen atoms in total. The van der Waals surface area contributed by atoms with Gasteiger partial charge in [-0.3, -0.25) is 9.69 Å². The van der Waals surface area contributed by atoms with Crippen LogP contribution in [0.4, 0.5) is 0 Å². The number of nitrogens with zero attached hydrogens (tertiary/aromatic N) is 3. The smallest absolute Gasteiger partial charge is 0.240 e. The zero-order valence-electron chi connectivity index (χ0n) is 13.5. The van der Waals surface area contributed by atoms with Crippen LogP contribution in [0.1, 0.15) is 30.7 Å². The average molecular weight is 316 g/mol. The van der Waals surface area contributed by atoms with Crippen LogP contribution in [0.5, 0.6) is 0 Å². The monoisotopic (exact) mass is 316 g/mol. The number of hydrogen-bond donors (Lipinski definition) is 1. The van der Waals surface area contributed by atoms with E-state index in [9.17, 15) is 4.79 Å². The number of amides is 1. The van der Waals surface area contributed by atoms with Gasteiger partial charge in [-0.15, -0.1) is 6.58 Å². The predicted octanol–water partition coefficient (Wildman–Crippen LogP) is 1.06. The van der Waals surface area contributed by atoms with Crippen molar-refractivity contribution >= 4 is 5.91 Å². The van der Waals surface area contributed by atoms with Gasteiger partial charge in [-0.1, -0.05) is 6.08 Å². The van der Waals surface area contributed by atoms with Gasteiger partial charge in [0.2, 0.25) is 5.91 Å². The normalized spacial score (nSPS) is 27.4. The molecule has 3 aliphatic heterocycles. The zero-order chi connectivity index (χ0) is 15.9. The number of likely N-dealkylation sites (tertiary alicyclic amines) is 1. The van der Waals surface area contributed by atoms with E-state index >= 15 is 0 Å². The van der Waals surface area contributed by atoms with Gasteiger partial charge < -0.3 is 14.6 Å². The molecule has 0 bridgehead atoms. The van der Waals surface area contributed by atoms with Crippen LogP contribution >= 0.6 is 0 Å².